The molecule has 1 aromatic carbocycles. The molecule has 1 aliphatic rings. The second-order valence-corrected chi connectivity index (χ2v) is 5.79. The van der Waals surface area contributed by atoms with E-state index < -0.39 is 0 Å². The Bertz CT molecular complexity index is 620. The zero-order valence-electron chi connectivity index (χ0n) is 10.8. The van der Waals surface area contributed by atoms with Crippen LogP contribution in [0, 0.1) is 0 Å². The van der Waals surface area contributed by atoms with Crippen LogP contribution in [-0.2, 0) is 0 Å². The average molecular weight is 336 g/mol. The van der Waals surface area contributed by atoms with Crippen molar-refractivity contribution in [2.75, 3.05) is 0 Å². The van der Waals surface area contributed by atoms with Gasteiger partial charge < -0.3 is 9.73 Å². The van der Waals surface area contributed by atoms with Gasteiger partial charge in [-0.15, -0.1) is 10.2 Å². The summed E-state index contributed by atoms with van der Waals surface area (Å²) in [4.78, 5) is 12.0. The summed E-state index contributed by atoms with van der Waals surface area (Å²) in [6.07, 6.45) is 4.38. The number of hydrogen-bond donors (Lipinski definition) is 1. The number of carbonyl (C=O) groups is 1. The summed E-state index contributed by atoms with van der Waals surface area (Å²) in [6.45, 7) is 0. The third kappa shape index (κ3) is 2.90. The number of rotatable bonds is 3. The standard InChI is InChI=1S/C14H14BrN3O2/c15-10-5-3-4-9(8-10)13-17-18-14(20-13)12(19)16-11-6-1-2-7-11/h3-5,8,11H,1-2,6-7H2,(H,16,19). The Kier molecular flexibility index (Phi) is 3.82. The smallest absolute Gasteiger partial charge is 0.309 e. The molecule has 20 heavy (non-hydrogen) atoms. The summed E-state index contributed by atoms with van der Waals surface area (Å²) in [5.41, 5.74) is 0.784. The van der Waals surface area contributed by atoms with Gasteiger partial charge in [0.25, 0.3) is 0 Å². The predicted octanol–water partition coefficient (Wildman–Crippen LogP) is 3.17. The zero-order chi connectivity index (χ0) is 13.9. The van der Waals surface area contributed by atoms with Crippen LogP contribution in [0.4, 0.5) is 0 Å². The Morgan fingerprint density at radius 1 is 1.30 bits per heavy atom. The van der Waals surface area contributed by atoms with Gasteiger partial charge in [0.1, 0.15) is 0 Å². The monoisotopic (exact) mass is 335 g/mol. The molecule has 2 aromatic rings. The molecular weight excluding hydrogens is 322 g/mol. The van der Waals surface area contributed by atoms with Crippen LogP contribution in [0.2, 0.25) is 0 Å². The summed E-state index contributed by atoms with van der Waals surface area (Å²) >= 11 is 3.38. The maximum Gasteiger partial charge on any atom is 0.309 e. The number of hydrogen-bond acceptors (Lipinski definition) is 4. The van der Waals surface area contributed by atoms with E-state index >= 15 is 0 Å². The quantitative estimate of drug-likeness (QED) is 0.935. The van der Waals surface area contributed by atoms with Gasteiger partial charge in [0.15, 0.2) is 0 Å². The number of benzene rings is 1. The van der Waals surface area contributed by atoms with Crippen LogP contribution in [0.5, 0.6) is 0 Å². The molecular formula is C14H14BrN3O2. The molecule has 0 aliphatic heterocycles. The Balaban J connectivity index is 1.74. The lowest BCUT2D eigenvalue weighted by Crippen LogP contribution is -2.32. The minimum Gasteiger partial charge on any atom is -0.412 e. The molecule has 0 spiro atoms. The maximum atomic E-state index is 12.0. The van der Waals surface area contributed by atoms with E-state index in [-0.39, 0.29) is 17.8 Å². The van der Waals surface area contributed by atoms with Crippen LogP contribution in [0.3, 0.4) is 0 Å². The Morgan fingerprint density at radius 3 is 2.85 bits per heavy atom. The third-order valence-electron chi connectivity index (χ3n) is 3.38. The number of carbonyl (C=O) groups excluding carboxylic acids is 1. The molecule has 0 unspecified atom stereocenters. The van der Waals surface area contributed by atoms with E-state index in [0.29, 0.717) is 5.89 Å². The van der Waals surface area contributed by atoms with Gasteiger partial charge in [0, 0.05) is 16.1 Å². The van der Waals surface area contributed by atoms with Crippen LogP contribution in [0.25, 0.3) is 11.5 Å². The van der Waals surface area contributed by atoms with Gasteiger partial charge in [0.05, 0.1) is 0 Å². The van der Waals surface area contributed by atoms with Gasteiger partial charge >= 0.3 is 11.8 Å². The predicted molar refractivity (Wildman–Crippen MR) is 77.2 cm³/mol. The molecule has 1 N–H and O–H groups in total. The van der Waals surface area contributed by atoms with Crippen LogP contribution in [0.1, 0.15) is 36.4 Å². The average Bonchev–Trinajstić information content (AvgIpc) is 3.09. The van der Waals surface area contributed by atoms with Crippen LogP contribution in [-0.4, -0.2) is 22.1 Å². The summed E-state index contributed by atoms with van der Waals surface area (Å²) in [5, 5.41) is 10.7. The number of nitrogens with zero attached hydrogens (tertiary/aromatic N) is 2. The molecule has 0 atom stereocenters. The van der Waals surface area contributed by atoms with Crippen LogP contribution in [0.15, 0.2) is 33.2 Å². The first-order chi connectivity index (χ1) is 9.72. The van der Waals surface area contributed by atoms with Crippen molar-refractivity contribution in [3.8, 4) is 11.5 Å². The molecule has 1 saturated carbocycles. The van der Waals surface area contributed by atoms with Crippen molar-refractivity contribution in [1.29, 1.82) is 0 Å². The van der Waals surface area contributed by atoms with Crippen molar-refractivity contribution >= 4 is 21.8 Å². The minimum atomic E-state index is -0.286. The van der Waals surface area contributed by atoms with E-state index in [2.05, 4.69) is 31.4 Å². The molecule has 1 aromatic heterocycles. The highest BCUT2D eigenvalue weighted by Gasteiger charge is 2.21. The zero-order valence-corrected chi connectivity index (χ0v) is 12.4. The molecule has 1 fully saturated rings. The number of nitrogens with one attached hydrogen (secondary N) is 1. The number of aromatic nitrogens is 2. The second-order valence-electron chi connectivity index (χ2n) is 4.88. The largest absolute Gasteiger partial charge is 0.412 e. The lowest BCUT2D eigenvalue weighted by Gasteiger charge is -2.08. The van der Waals surface area contributed by atoms with Crippen molar-refractivity contribution < 1.29 is 9.21 Å². The van der Waals surface area contributed by atoms with E-state index in [1.165, 1.54) is 0 Å². The molecule has 1 heterocycles. The highest BCUT2D eigenvalue weighted by Crippen LogP contribution is 2.22. The van der Waals surface area contributed by atoms with Crippen molar-refractivity contribution in [3.63, 3.8) is 0 Å². The minimum absolute atomic E-state index is 0.0203. The van der Waals surface area contributed by atoms with E-state index in [4.69, 9.17) is 4.42 Å². The highest BCUT2D eigenvalue weighted by molar-refractivity contribution is 9.10. The first-order valence-electron chi connectivity index (χ1n) is 6.63. The van der Waals surface area contributed by atoms with Crippen LogP contribution >= 0.6 is 15.9 Å². The number of halogens is 1. The molecule has 5 nitrogen and oxygen atoms in total. The molecule has 0 saturated heterocycles. The van der Waals surface area contributed by atoms with Gasteiger partial charge in [-0.05, 0) is 31.0 Å². The van der Waals surface area contributed by atoms with Gasteiger partial charge in [-0.25, -0.2) is 0 Å². The molecule has 0 bridgehead atoms. The summed E-state index contributed by atoms with van der Waals surface area (Å²) in [5.74, 6) is 0.0837. The fraction of sp³-hybridized carbons (Fsp3) is 0.357. The molecule has 0 radical (unpaired) electrons. The summed E-state index contributed by atoms with van der Waals surface area (Å²) < 4.78 is 6.36. The first-order valence-corrected chi connectivity index (χ1v) is 7.42. The summed E-state index contributed by atoms with van der Waals surface area (Å²) in [7, 11) is 0. The van der Waals surface area contributed by atoms with Crippen molar-refractivity contribution in [2.45, 2.75) is 31.7 Å². The lowest BCUT2D eigenvalue weighted by atomic mass is 10.2. The Morgan fingerprint density at radius 2 is 2.10 bits per heavy atom. The van der Waals surface area contributed by atoms with Gasteiger partial charge in [-0.2, -0.15) is 0 Å². The van der Waals surface area contributed by atoms with Gasteiger partial charge in [0.2, 0.25) is 5.89 Å². The molecule has 1 aliphatic carbocycles. The van der Waals surface area contributed by atoms with Crippen molar-refractivity contribution in [2.24, 2.45) is 0 Å². The van der Waals surface area contributed by atoms with Gasteiger partial charge in [-0.1, -0.05) is 34.8 Å². The van der Waals surface area contributed by atoms with Crippen molar-refractivity contribution in [3.05, 3.63) is 34.6 Å². The fourth-order valence-electron chi connectivity index (χ4n) is 2.37. The van der Waals surface area contributed by atoms with E-state index in [1.807, 2.05) is 24.3 Å². The SMILES string of the molecule is O=C(NC1CCCC1)c1nnc(-c2cccc(Br)c2)o1. The first kappa shape index (κ1) is 13.3. The topological polar surface area (TPSA) is 68.0 Å². The maximum absolute atomic E-state index is 12.0. The van der Waals surface area contributed by atoms with E-state index in [1.54, 1.807) is 0 Å². The molecule has 1 amide bonds. The van der Waals surface area contributed by atoms with E-state index in [9.17, 15) is 4.79 Å². The van der Waals surface area contributed by atoms with Crippen LogP contribution < -0.4 is 5.32 Å². The number of amides is 1. The lowest BCUT2D eigenvalue weighted by molar-refractivity contribution is 0.0903. The molecule has 3 rings (SSSR count). The normalized spacial score (nSPS) is 15.4. The van der Waals surface area contributed by atoms with Crippen molar-refractivity contribution in [1.82, 2.24) is 15.5 Å². The summed E-state index contributed by atoms with van der Waals surface area (Å²) in [6, 6.07) is 7.75. The molecule has 6 heteroatoms. The Labute approximate surface area is 124 Å². The third-order valence-corrected chi connectivity index (χ3v) is 3.87. The van der Waals surface area contributed by atoms with E-state index in [0.717, 1.165) is 35.7 Å². The highest BCUT2D eigenvalue weighted by atomic mass is 79.9. The fourth-order valence-corrected chi connectivity index (χ4v) is 2.77. The second kappa shape index (κ2) is 5.75. The van der Waals surface area contributed by atoms with Gasteiger partial charge in [-0.3, -0.25) is 4.79 Å². The Hall–Kier alpha value is -1.69. The molecule has 104 valence electrons.